The molecule has 3 aliphatic rings. The van der Waals surface area contributed by atoms with Gasteiger partial charge < -0.3 is 19.7 Å². The van der Waals surface area contributed by atoms with Crippen molar-refractivity contribution in [2.45, 2.75) is 44.9 Å². The lowest BCUT2D eigenvalue weighted by atomic mass is 9.89. The van der Waals surface area contributed by atoms with Gasteiger partial charge in [-0.1, -0.05) is 12.2 Å². The number of hydrogen-bond acceptors (Lipinski definition) is 4. The van der Waals surface area contributed by atoms with Crippen LogP contribution in [0.5, 0.6) is 11.5 Å². The van der Waals surface area contributed by atoms with Crippen LogP contribution in [-0.4, -0.2) is 43.0 Å². The monoisotopic (exact) mass is 398 g/mol. The van der Waals surface area contributed by atoms with Crippen LogP contribution in [0, 0.1) is 11.8 Å². The fourth-order valence-electron chi connectivity index (χ4n) is 4.40. The molecule has 1 aromatic rings. The third kappa shape index (κ3) is 5.11. The minimum Gasteiger partial charge on any atom is -0.486 e. The first-order valence-corrected chi connectivity index (χ1v) is 10.8. The van der Waals surface area contributed by atoms with Crippen molar-refractivity contribution in [3.8, 4) is 11.5 Å². The SMILES string of the molecule is O=C(CCC1CCN(C(=O)C2CC=CCC2)CC1)Nc1ccc2c(c1)OCCO2. The second kappa shape index (κ2) is 9.33. The molecule has 29 heavy (non-hydrogen) atoms. The zero-order chi connectivity index (χ0) is 20.1. The maximum Gasteiger partial charge on any atom is 0.226 e. The van der Waals surface area contributed by atoms with Gasteiger partial charge in [0.25, 0.3) is 0 Å². The zero-order valence-corrected chi connectivity index (χ0v) is 16.9. The second-order valence-corrected chi connectivity index (χ2v) is 8.20. The van der Waals surface area contributed by atoms with E-state index >= 15 is 0 Å². The Morgan fingerprint density at radius 3 is 2.59 bits per heavy atom. The number of benzene rings is 1. The summed E-state index contributed by atoms with van der Waals surface area (Å²) in [4.78, 5) is 27.0. The Balaban J connectivity index is 1.19. The van der Waals surface area contributed by atoms with Crippen molar-refractivity contribution < 1.29 is 19.1 Å². The minimum atomic E-state index is 0.0224. The standard InChI is InChI=1S/C23H30N2O4/c26-22(24-19-7-8-20-21(16-19)29-15-14-28-20)9-6-17-10-12-25(13-11-17)23(27)18-4-2-1-3-5-18/h1-2,7-8,16-18H,3-6,9-15H2,(H,24,26). The highest BCUT2D eigenvalue weighted by atomic mass is 16.6. The first-order chi connectivity index (χ1) is 14.2. The number of ether oxygens (including phenoxy) is 2. The number of fused-ring (bicyclic) bond motifs is 1. The van der Waals surface area contributed by atoms with Crippen LogP contribution in [0.2, 0.25) is 0 Å². The summed E-state index contributed by atoms with van der Waals surface area (Å²) in [6.07, 6.45) is 10.5. The molecule has 1 saturated heterocycles. The van der Waals surface area contributed by atoms with Gasteiger partial charge in [0, 0.05) is 37.2 Å². The molecule has 0 saturated carbocycles. The lowest BCUT2D eigenvalue weighted by Crippen LogP contribution is -2.42. The lowest BCUT2D eigenvalue weighted by Gasteiger charge is -2.34. The molecule has 1 fully saturated rings. The molecule has 156 valence electrons. The first-order valence-electron chi connectivity index (χ1n) is 10.8. The average Bonchev–Trinajstić information content (AvgIpc) is 2.78. The van der Waals surface area contributed by atoms with Gasteiger partial charge in [-0.3, -0.25) is 9.59 Å². The van der Waals surface area contributed by atoms with Crippen LogP contribution in [0.25, 0.3) is 0 Å². The normalized spacial score (nSPS) is 21.7. The minimum absolute atomic E-state index is 0.0224. The number of piperidine rings is 1. The highest BCUT2D eigenvalue weighted by Crippen LogP contribution is 2.33. The van der Waals surface area contributed by atoms with Gasteiger partial charge in [0.2, 0.25) is 11.8 Å². The number of amides is 2. The van der Waals surface area contributed by atoms with Gasteiger partial charge in [-0.15, -0.1) is 0 Å². The fraction of sp³-hybridized carbons (Fsp3) is 0.565. The molecule has 6 heteroatoms. The summed E-state index contributed by atoms with van der Waals surface area (Å²) in [7, 11) is 0. The van der Waals surface area contributed by atoms with Crippen molar-refractivity contribution in [1.29, 1.82) is 0 Å². The van der Waals surface area contributed by atoms with Crippen LogP contribution >= 0.6 is 0 Å². The van der Waals surface area contributed by atoms with Gasteiger partial charge in [-0.05, 0) is 56.6 Å². The maximum atomic E-state index is 12.6. The maximum absolute atomic E-state index is 12.6. The summed E-state index contributed by atoms with van der Waals surface area (Å²) in [5.41, 5.74) is 0.737. The summed E-state index contributed by atoms with van der Waals surface area (Å²) in [5.74, 6) is 2.43. The summed E-state index contributed by atoms with van der Waals surface area (Å²) >= 11 is 0. The van der Waals surface area contributed by atoms with Crippen molar-refractivity contribution in [3.05, 3.63) is 30.4 Å². The van der Waals surface area contributed by atoms with Crippen molar-refractivity contribution in [1.82, 2.24) is 4.90 Å². The van der Waals surface area contributed by atoms with Crippen LogP contribution in [0.3, 0.4) is 0 Å². The van der Waals surface area contributed by atoms with Crippen molar-refractivity contribution in [3.63, 3.8) is 0 Å². The Hall–Kier alpha value is -2.50. The van der Waals surface area contributed by atoms with Crippen molar-refractivity contribution in [2.75, 3.05) is 31.6 Å². The Morgan fingerprint density at radius 2 is 1.83 bits per heavy atom. The molecule has 2 aliphatic heterocycles. The number of nitrogens with one attached hydrogen (secondary N) is 1. The number of rotatable bonds is 5. The number of nitrogens with zero attached hydrogens (tertiary/aromatic N) is 1. The third-order valence-electron chi connectivity index (χ3n) is 6.15. The Kier molecular flexibility index (Phi) is 6.37. The van der Waals surface area contributed by atoms with E-state index in [2.05, 4.69) is 17.5 Å². The van der Waals surface area contributed by atoms with Crippen LogP contribution in [0.4, 0.5) is 5.69 Å². The molecule has 0 spiro atoms. The van der Waals surface area contributed by atoms with E-state index in [9.17, 15) is 9.59 Å². The molecule has 1 unspecified atom stereocenters. The number of likely N-dealkylation sites (tertiary alicyclic amines) is 1. The van der Waals surface area contributed by atoms with Crippen LogP contribution in [0.1, 0.15) is 44.9 Å². The molecule has 1 aliphatic carbocycles. The molecule has 0 aromatic heterocycles. The summed E-state index contributed by atoms with van der Waals surface area (Å²) in [6, 6.07) is 5.49. The molecule has 4 rings (SSSR count). The zero-order valence-electron chi connectivity index (χ0n) is 16.9. The molecule has 2 amide bonds. The van der Waals surface area contributed by atoms with Crippen molar-refractivity contribution >= 4 is 17.5 Å². The lowest BCUT2D eigenvalue weighted by molar-refractivity contribution is -0.137. The third-order valence-corrected chi connectivity index (χ3v) is 6.15. The number of hydrogen-bond donors (Lipinski definition) is 1. The Bertz CT molecular complexity index is 768. The highest BCUT2D eigenvalue weighted by molar-refractivity contribution is 5.91. The molecule has 2 heterocycles. The average molecular weight is 399 g/mol. The van der Waals surface area contributed by atoms with E-state index in [0.29, 0.717) is 37.2 Å². The van der Waals surface area contributed by atoms with Gasteiger partial charge in [-0.25, -0.2) is 0 Å². The van der Waals surface area contributed by atoms with E-state index < -0.39 is 0 Å². The summed E-state index contributed by atoms with van der Waals surface area (Å²) in [5, 5.41) is 2.96. The summed E-state index contributed by atoms with van der Waals surface area (Å²) in [6.45, 7) is 2.74. The molecular formula is C23H30N2O4. The topological polar surface area (TPSA) is 67.9 Å². The van der Waals surface area contributed by atoms with Gasteiger partial charge >= 0.3 is 0 Å². The molecule has 1 N–H and O–H groups in total. The van der Waals surface area contributed by atoms with Crippen LogP contribution < -0.4 is 14.8 Å². The molecular weight excluding hydrogens is 368 g/mol. The van der Waals surface area contributed by atoms with E-state index in [1.54, 1.807) is 0 Å². The Labute approximate surface area is 172 Å². The Morgan fingerprint density at radius 1 is 1.03 bits per heavy atom. The van der Waals surface area contributed by atoms with Crippen LogP contribution in [-0.2, 0) is 9.59 Å². The fourth-order valence-corrected chi connectivity index (χ4v) is 4.40. The van der Waals surface area contributed by atoms with Gasteiger partial charge in [0.15, 0.2) is 11.5 Å². The molecule has 0 bridgehead atoms. The smallest absolute Gasteiger partial charge is 0.226 e. The molecule has 1 atom stereocenters. The van der Waals surface area contributed by atoms with Gasteiger partial charge in [0.1, 0.15) is 13.2 Å². The van der Waals surface area contributed by atoms with E-state index in [0.717, 1.165) is 63.1 Å². The first kappa shape index (κ1) is 19.8. The van der Waals surface area contributed by atoms with Crippen molar-refractivity contribution in [2.24, 2.45) is 11.8 Å². The van der Waals surface area contributed by atoms with E-state index in [1.807, 2.05) is 23.1 Å². The second-order valence-electron chi connectivity index (χ2n) is 8.20. The number of carbonyl (C=O) groups excluding carboxylic acids is 2. The molecule has 6 nitrogen and oxygen atoms in total. The molecule has 0 radical (unpaired) electrons. The van der Waals surface area contributed by atoms with Crippen LogP contribution in [0.15, 0.2) is 30.4 Å². The van der Waals surface area contributed by atoms with E-state index in [-0.39, 0.29) is 11.8 Å². The highest BCUT2D eigenvalue weighted by Gasteiger charge is 2.28. The number of anilines is 1. The number of carbonyl (C=O) groups is 2. The van der Waals surface area contributed by atoms with Gasteiger partial charge in [0.05, 0.1) is 0 Å². The van der Waals surface area contributed by atoms with Gasteiger partial charge in [-0.2, -0.15) is 0 Å². The van der Waals surface area contributed by atoms with E-state index in [1.165, 1.54) is 0 Å². The largest absolute Gasteiger partial charge is 0.486 e. The van der Waals surface area contributed by atoms with E-state index in [4.69, 9.17) is 9.47 Å². The predicted molar refractivity (Wildman–Crippen MR) is 111 cm³/mol. The number of allylic oxidation sites excluding steroid dienone is 2. The molecule has 1 aromatic carbocycles. The predicted octanol–water partition coefficient (Wildman–Crippen LogP) is 3.77. The summed E-state index contributed by atoms with van der Waals surface area (Å²) < 4.78 is 11.1. The quantitative estimate of drug-likeness (QED) is 0.767.